The summed E-state index contributed by atoms with van der Waals surface area (Å²) in [4.78, 5) is 36.1. The van der Waals surface area contributed by atoms with E-state index in [4.69, 9.17) is 4.98 Å². The number of hydrogen-bond donors (Lipinski definition) is 1. The lowest BCUT2D eigenvalue weighted by molar-refractivity contribution is 0.0704. The number of ketones is 1. The molecule has 1 saturated heterocycles. The fraction of sp³-hybridized carbons (Fsp3) is 0.222. The zero-order valence-electron chi connectivity index (χ0n) is 19.1. The Morgan fingerprint density at radius 3 is 2.69 bits per heavy atom. The number of H-pyrrole nitrogens is 1. The molecule has 4 aromatic rings. The van der Waals surface area contributed by atoms with Crippen molar-refractivity contribution in [2.24, 2.45) is 0 Å². The van der Waals surface area contributed by atoms with Crippen molar-refractivity contribution >= 4 is 32.6 Å². The van der Waals surface area contributed by atoms with Gasteiger partial charge in [-0.05, 0) is 67.8 Å². The van der Waals surface area contributed by atoms with Gasteiger partial charge in [0.25, 0.3) is 5.91 Å². The maximum Gasteiger partial charge on any atom is 0.253 e. The van der Waals surface area contributed by atoms with Gasteiger partial charge in [0.1, 0.15) is 5.82 Å². The van der Waals surface area contributed by atoms with Crippen LogP contribution in [0.4, 0.5) is 0 Å². The molecular formula is C27H23N3O4S. The van der Waals surface area contributed by atoms with E-state index < -0.39 is 9.84 Å². The summed E-state index contributed by atoms with van der Waals surface area (Å²) < 4.78 is 26.5. The average Bonchev–Trinajstić information content (AvgIpc) is 3.30. The molecule has 6 rings (SSSR count). The van der Waals surface area contributed by atoms with Gasteiger partial charge in [-0.3, -0.25) is 9.59 Å². The summed E-state index contributed by atoms with van der Waals surface area (Å²) in [6.45, 7) is 3.11. The van der Waals surface area contributed by atoms with Crippen molar-refractivity contribution in [3.05, 3.63) is 88.7 Å². The highest BCUT2D eigenvalue weighted by Crippen LogP contribution is 2.35. The number of likely N-dealkylation sites (tertiary alicyclic amines) is 1. The highest BCUT2D eigenvalue weighted by atomic mass is 32.2. The molecule has 2 aliphatic heterocycles. The van der Waals surface area contributed by atoms with Crippen LogP contribution in [0.2, 0.25) is 0 Å². The molecule has 176 valence electrons. The molecule has 0 aliphatic carbocycles. The third kappa shape index (κ3) is 3.47. The Bertz CT molecular complexity index is 1640. The van der Waals surface area contributed by atoms with E-state index >= 15 is 0 Å². The van der Waals surface area contributed by atoms with Crippen LogP contribution in [0.15, 0.2) is 70.5 Å². The first kappa shape index (κ1) is 21.7. The summed E-state index contributed by atoms with van der Waals surface area (Å²) in [7, 11) is -3.90. The van der Waals surface area contributed by atoms with E-state index in [1.54, 1.807) is 23.1 Å². The number of piperidine rings is 1. The van der Waals surface area contributed by atoms with Crippen molar-refractivity contribution in [2.75, 3.05) is 13.1 Å². The number of aromatic amines is 1. The summed E-state index contributed by atoms with van der Waals surface area (Å²) in [5, 5.41) is 0. The SMILES string of the molecule is Cc1ccc2nc(C3CCCN(C(=O)c4ccc5c(c4)S(=O)(=O)c4ccccc4C5=O)C3)[nH]c2c1. The quantitative estimate of drug-likeness (QED) is 0.403. The first-order chi connectivity index (χ1) is 16.8. The van der Waals surface area contributed by atoms with E-state index in [1.807, 2.05) is 19.1 Å². The maximum atomic E-state index is 13.4. The van der Waals surface area contributed by atoms with Gasteiger partial charge < -0.3 is 9.88 Å². The Hall–Kier alpha value is -3.78. The number of nitrogens with zero attached hydrogens (tertiary/aromatic N) is 2. The number of sulfone groups is 1. The number of fused-ring (bicyclic) bond motifs is 3. The van der Waals surface area contributed by atoms with E-state index in [1.165, 1.54) is 24.3 Å². The van der Waals surface area contributed by atoms with Crippen LogP contribution in [-0.2, 0) is 9.84 Å². The van der Waals surface area contributed by atoms with Gasteiger partial charge >= 0.3 is 0 Å². The van der Waals surface area contributed by atoms with Gasteiger partial charge in [0.15, 0.2) is 5.78 Å². The van der Waals surface area contributed by atoms with Crippen LogP contribution < -0.4 is 0 Å². The van der Waals surface area contributed by atoms with E-state index in [2.05, 4.69) is 11.1 Å². The summed E-state index contributed by atoms with van der Waals surface area (Å²) in [6.07, 6.45) is 1.73. The molecule has 1 amide bonds. The number of aromatic nitrogens is 2. The number of carbonyl (C=O) groups is 2. The lowest BCUT2D eigenvalue weighted by atomic mass is 9.96. The number of carbonyl (C=O) groups excluding carboxylic acids is 2. The van der Waals surface area contributed by atoms with Gasteiger partial charge in [-0.15, -0.1) is 0 Å². The number of imidazole rings is 1. The highest BCUT2D eigenvalue weighted by molar-refractivity contribution is 7.91. The van der Waals surface area contributed by atoms with E-state index in [9.17, 15) is 18.0 Å². The minimum absolute atomic E-state index is 0.0137. The normalized spacial score (nSPS) is 18.8. The number of amides is 1. The monoisotopic (exact) mass is 485 g/mol. The van der Waals surface area contributed by atoms with Crippen molar-refractivity contribution in [2.45, 2.75) is 35.5 Å². The van der Waals surface area contributed by atoms with Crippen LogP contribution in [0.25, 0.3) is 11.0 Å². The highest BCUT2D eigenvalue weighted by Gasteiger charge is 2.36. The summed E-state index contributed by atoms with van der Waals surface area (Å²) in [6, 6.07) is 16.6. The molecule has 35 heavy (non-hydrogen) atoms. The summed E-state index contributed by atoms with van der Waals surface area (Å²) in [5.74, 6) is 0.335. The van der Waals surface area contributed by atoms with Gasteiger partial charge in [-0.2, -0.15) is 0 Å². The van der Waals surface area contributed by atoms with E-state index in [-0.39, 0.29) is 44.1 Å². The summed E-state index contributed by atoms with van der Waals surface area (Å²) >= 11 is 0. The maximum absolute atomic E-state index is 13.4. The third-order valence-electron chi connectivity index (χ3n) is 6.93. The first-order valence-corrected chi connectivity index (χ1v) is 13.1. The standard InChI is InChI=1S/C27H23N3O4S/c1-16-8-11-21-22(13-16)29-26(28-21)18-5-4-12-30(15-18)27(32)17-9-10-20-24(14-17)35(33,34)23-7-3-2-6-19(23)25(20)31/h2-3,6-11,13-14,18H,4-5,12,15H2,1H3,(H,28,29). The second-order valence-corrected chi connectivity index (χ2v) is 11.2. The minimum Gasteiger partial charge on any atom is -0.342 e. The van der Waals surface area contributed by atoms with E-state index in [0.717, 1.165) is 35.3 Å². The number of nitrogens with one attached hydrogen (secondary N) is 1. The Balaban J connectivity index is 1.30. The molecule has 2 aliphatic rings. The lowest BCUT2D eigenvalue weighted by Gasteiger charge is -2.32. The van der Waals surface area contributed by atoms with Gasteiger partial charge in [0.05, 0.1) is 20.8 Å². The molecule has 3 heterocycles. The van der Waals surface area contributed by atoms with Crippen LogP contribution in [0.1, 0.15) is 56.4 Å². The number of rotatable bonds is 2. The Morgan fingerprint density at radius 1 is 1.03 bits per heavy atom. The van der Waals surface area contributed by atoms with Crippen LogP contribution in [-0.4, -0.2) is 48.1 Å². The van der Waals surface area contributed by atoms with Crippen LogP contribution in [0.3, 0.4) is 0 Å². The molecular weight excluding hydrogens is 462 g/mol. The van der Waals surface area contributed by atoms with Crippen molar-refractivity contribution in [1.29, 1.82) is 0 Å². The van der Waals surface area contributed by atoms with Gasteiger partial charge in [-0.25, -0.2) is 13.4 Å². The van der Waals surface area contributed by atoms with Gasteiger partial charge in [0.2, 0.25) is 9.84 Å². The molecule has 1 aromatic heterocycles. The minimum atomic E-state index is -3.90. The molecule has 0 radical (unpaired) electrons. The molecule has 0 bridgehead atoms. The van der Waals surface area contributed by atoms with Crippen molar-refractivity contribution in [1.82, 2.24) is 14.9 Å². The second kappa shape index (κ2) is 7.88. The molecule has 8 heteroatoms. The topological polar surface area (TPSA) is 100 Å². The number of hydrogen-bond acceptors (Lipinski definition) is 5. The smallest absolute Gasteiger partial charge is 0.253 e. The van der Waals surface area contributed by atoms with E-state index in [0.29, 0.717) is 13.1 Å². The fourth-order valence-corrected chi connectivity index (χ4v) is 6.80. The number of benzene rings is 3. The molecule has 0 saturated carbocycles. The molecule has 3 aromatic carbocycles. The fourth-order valence-electron chi connectivity index (χ4n) is 5.12. The molecule has 1 atom stereocenters. The second-order valence-electron chi connectivity index (χ2n) is 9.27. The third-order valence-corrected chi connectivity index (χ3v) is 8.79. The first-order valence-electron chi connectivity index (χ1n) is 11.6. The average molecular weight is 486 g/mol. The zero-order valence-corrected chi connectivity index (χ0v) is 19.9. The largest absolute Gasteiger partial charge is 0.342 e. The van der Waals surface area contributed by atoms with Crippen molar-refractivity contribution in [3.63, 3.8) is 0 Å². The lowest BCUT2D eigenvalue weighted by Crippen LogP contribution is -2.39. The Morgan fingerprint density at radius 2 is 1.83 bits per heavy atom. The van der Waals surface area contributed by atoms with Gasteiger partial charge in [-0.1, -0.05) is 18.2 Å². The predicted molar refractivity (Wildman–Crippen MR) is 130 cm³/mol. The molecule has 7 nitrogen and oxygen atoms in total. The molecule has 1 fully saturated rings. The Kier molecular flexibility index (Phi) is 4.89. The van der Waals surface area contributed by atoms with Crippen molar-refractivity contribution in [3.8, 4) is 0 Å². The number of aryl methyl sites for hydroxylation is 1. The predicted octanol–water partition coefficient (Wildman–Crippen LogP) is 4.27. The zero-order chi connectivity index (χ0) is 24.3. The van der Waals surface area contributed by atoms with Crippen LogP contribution >= 0.6 is 0 Å². The Labute approximate surface area is 202 Å². The molecule has 0 spiro atoms. The van der Waals surface area contributed by atoms with Gasteiger partial charge in [0, 0.05) is 35.7 Å². The molecule has 1 N–H and O–H groups in total. The van der Waals surface area contributed by atoms with Crippen molar-refractivity contribution < 1.29 is 18.0 Å². The summed E-state index contributed by atoms with van der Waals surface area (Å²) in [5.41, 5.74) is 3.57. The van der Waals surface area contributed by atoms with Crippen LogP contribution in [0.5, 0.6) is 0 Å². The van der Waals surface area contributed by atoms with Crippen LogP contribution in [0, 0.1) is 6.92 Å². The molecule has 1 unspecified atom stereocenters.